The smallest absolute Gasteiger partial charge is 0.269 e. The summed E-state index contributed by atoms with van der Waals surface area (Å²) in [5.74, 6) is -0.0346. The van der Waals surface area contributed by atoms with E-state index in [1.165, 1.54) is 38.5 Å². The van der Waals surface area contributed by atoms with Gasteiger partial charge >= 0.3 is 0 Å². The van der Waals surface area contributed by atoms with Gasteiger partial charge in [-0.15, -0.1) is 0 Å². The molecule has 1 rings (SSSR count). The first kappa shape index (κ1) is 20.7. The van der Waals surface area contributed by atoms with Crippen molar-refractivity contribution in [3.63, 3.8) is 0 Å². The first-order valence-corrected chi connectivity index (χ1v) is 9.51. The average Bonchev–Trinajstić information content (AvgIpc) is 2.86. The van der Waals surface area contributed by atoms with Gasteiger partial charge in [-0.3, -0.25) is 9.48 Å². The Kier molecular flexibility index (Phi) is 9.69. The molecule has 0 aliphatic rings. The minimum atomic E-state index is -0.0346. The normalized spacial score (nSPS) is 12.6. The molecule has 5 heteroatoms. The second kappa shape index (κ2) is 11.2. The minimum Gasteiger partial charge on any atom is -0.347 e. The third-order valence-corrected chi connectivity index (χ3v) is 4.30. The Hall–Kier alpha value is -1.36. The lowest BCUT2D eigenvalue weighted by Gasteiger charge is -2.26. The second-order valence-corrected chi connectivity index (χ2v) is 6.88. The van der Waals surface area contributed by atoms with E-state index in [9.17, 15) is 4.79 Å². The Bertz CT molecular complexity index is 474. The van der Waals surface area contributed by atoms with E-state index >= 15 is 0 Å². The Morgan fingerprint density at radius 1 is 1.21 bits per heavy atom. The van der Waals surface area contributed by atoms with Crippen LogP contribution < -0.4 is 5.32 Å². The number of hydrogen-bond donors (Lipinski definition) is 1. The number of carbonyl (C=O) groups is 1. The van der Waals surface area contributed by atoms with Gasteiger partial charge in [0.15, 0.2) is 0 Å². The van der Waals surface area contributed by atoms with E-state index in [1.807, 2.05) is 20.0 Å². The Labute approximate surface area is 147 Å². The maximum atomic E-state index is 12.4. The van der Waals surface area contributed by atoms with Gasteiger partial charge in [0.05, 0.1) is 5.69 Å². The number of carbonyl (C=O) groups excluding carboxylic acids is 1. The molecule has 1 atom stereocenters. The number of rotatable bonds is 12. The van der Waals surface area contributed by atoms with Crippen molar-refractivity contribution in [3.05, 3.63) is 17.5 Å². The lowest BCUT2D eigenvalue weighted by molar-refractivity contribution is 0.0919. The summed E-state index contributed by atoms with van der Waals surface area (Å²) in [5, 5.41) is 7.37. The third kappa shape index (κ3) is 7.47. The largest absolute Gasteiger partial charge is 0.347 e. The summed E-state index contributed by atoms with van der Waals surface area (Å²) in [7, 11) is 1.81. The molecule has 0 fully saturated rings. The summed E-state index contributed by atoms with van der Waals surface area (Å²) in [6.45, 7) is 11.6. The van der Waals surface area contributed by atoms with Crippen LogP contribution in [0.5, 0.6) is 0 Å². The quantitative estimate of drug-likeness (QED) is 0.594. The molecule has 24 heavy (non-hydrogen) atoms. The van der Waals surface area contributed by atoms with Crippen molar-refractivity contribution in [2.45, 2.75) is 72.3 Å². The molecule has 0 saturated carbocycles. The van der Waals surface area contributed by atoms with Crippen molar-refractivity contribution < 1.29 is 4.79 Å². The lowest BCUT2D eigenvalue weighted by atomic mass is 10.2. The first-order valence-electron chi connectivity index (χ1n) is 9.51. The van der Waals surface area contributed by atoms with E-state index < -0.39 is 0 Å². The van der Waals surface area contributed by atoms with Gasteiger partial charge in [-0.05, 0) is 45.8 Å². The van der Waals surface area contributed by atoms with Gasteiger partial charge in [-0.2, -0.15) is 5.10 Å². The molecule has 0 spiro atoms. The fourth-order valence-corrected chi connectivity index (χ4v) is 3.02. The van der Waals surface area contributed by atoms with Crippen molar-refractivity contribution in [1.29, 1.82) is 0 Å². The van der Waals surface area contributed by atoms with E-state index in [1.54, 1.807) is 4.68 Å². The molecule has 5 nitrogen and oxygen atoms in total. The molecule has 0 aliphatic heterocycles. The van der Waals surface area contributed by atoms with Crippen LogP contribution >= 0.6 is 0 Å². The maximum Gasteiger partial charge on any atom is 0.269 e. The molecule has 1 aromatic heterocycles. The fourth-order valence-electron chi connectivity index (χ4n) is 3.02. The van der Waals surface area contributed by atoms with Gasteiger partial charge in [0.25, 0.3) is 5.91 Å². The summed E-state index contributed by atoms with van der Waals surface area (Å²) in [5.41, 5.74) is 1.50. The zero-order valence-corrected chi connectivity index (χ0v) is 16.3. The molecule has 1 aromatic rings. The summed E-state index contributed by atoms with van der Waals surface area (Å²) >= 11 is 0. The maximum absolute atomic E-state index is 12.4. The topological polar surface area (TPSA) is 50.2 Å². The molecule has 0 radical (unpaired) electrons. The van der Waals surface area contributed by atoms with Crippen molar-refractivity contribution in [2.24, 2.45) is 7.05 Å². The lowest BCUT2D eigenvalue weighted by Crippen LogP contribution is -2.43. The molecule has 1 amide bonds. The zero-order chi connectivity index (χ0) is 17.9. The minimum absolute atomic E-state index is 0.0346. The Morgan fingerprint density at radius 2 is 1.79 bits per heavy atom. The van der Waals surface area contributed by atoms with Crippen LogP contribution in [-0.4, -0.2) is 46.3 Å². The van der Waals surface area contributed by atoms with Crippen LogP contribution in [0.3, 0.4) is 0 Å². The van der Waals surface area contributed by atoms with Crippen LogP contribution in [0.2, 0.25) is 0 Å². The number of nitrogens with zero attached hydrogens (tertiary/aromatic N) is 3. The van der Waals surface area contributed by atoms with Gasteiger partial charge in [-0.1, -0.05) is 39.5 Å². The number of aromatic nitrogens is 2. The third-order valence-electron chi connectivity index (χ3n) is 4.30. The van der Waals surface area contributed by atoms with Gasteiger partial charge in [0.2, 0.25) is 0 Å². The molecule has 1 heterocycles. The van der Waals surface area contributed by atoms with E-state index in [4.69, 9.17) is 0 Å². The predicted molar refractivity (Wildman–Crippen MR) is 100 cm³/mol. The molecule has 138 valence electrons. The fraction of sp³-hybridized carbons (Fsp3) is 0.789. The van der Waals surface area contributed by atoms with Crippen molar-refractivity contribution >= 4 is 5.91 Å². The highest BCUT2D eigenvalue weighted by Crippen LogP contribution is 2.06. The Morgan fingerprint density at radius 3 is 2.25 bits per heavy atom. The first-order chi connectivity index (χ1) is 11.5. The van der Waals surface area contributed by atoms with E-state index in [2.05, 4.69) is 36.1 Å². The highest BCUT2D eigenvalue weighted by molar-refractivity contribution is 5.92. The number of nitrogens with one attached hydrogen (secondary N) is 1. The van der Waals surface area contributed by atoms with Gasteiger partial charge in [0, 0.05) is 19.6 Å². The SMILES string of the molecule is CCCCCN(CCCCC)CC(C)NC(=O)c1cc(C)nn1C. The highest BCUT2D eigenvalue weighted by atomic mass is 16.2. The summed E-state index contributed by atoms with van der Waals surface area (Å²) < 4.78 is 1.65. The number of hydrogen-bond acceptors (Lipinski definition) is 3. The molecule has 1 unspecified atom stereocenters. The summed E-state index contributed by atoms with van der Waals surface area (Å²) in [6.07, 6.45) is 7.52. The second-order valence-electron chi connectivity index (χ2n) is 6.88. The summed E-state index contributed by atoms with van der Waals surface area (Å²) in [4.78, 5) is 14.9. The highest BCUT2D eigenvalue weighted by Gasteiger charge is 2.16. The summed E-state index contributed by atoms with van der Waals surface area (Å²) in [6, 6.07) is 1.97. The number of amides is 1. The standard InChI is InChI=1S/C19H36N4O/c1-6-8-10-12-23(13-11-9-7-2)15-17(4)20-19(24)18-14-16(3)21-22(18)5/h14,17H,6-13,15H2,1-5H3,(H,20,24). The van der Waals surface area contributed by atoms with Crippen LogP contribution in [0.4, 0.5) is 0 Å². The molecule has 1 N–H and O–H groups in total. The molecular formula is C19H36N4O. The average molecular weight is 337 g/mol. The van der Waals surface area contributed by atoms with E-state index in [0.717, 1.165) is 25.3 Å². The number of aryl methyl sites for hydroxylation is 2. The molecular weight excluding hydrogens is 300 g/mol. The molecule has 0 saturated heterocycles. The molecule has 0 aromatic carbocycles. The van der Waals surface area contributed by atoms with E-state index in [-0.39, 0.29) is 11.9 Å². The molecule has 0 bridgehead atoms. The van der Waals surface area contributed by atoms with Crippen LogP contribution in [0.25, 0.3) is 0 Å². The number of unbranched alkanes of at least 4 members (excludes halogenated alkanes) is 4. The Balaban J connectivity index is 2.50. The van der Waals surface area contributed by atoms with Crippen molar-refractivity contribution in [3.8, 4) is 0 Å². The van der Waals surface area contributed by atoms with Crippen LogP contribution in [0.1, 0.15) is 75.5 Å². The predicted octanol–water partition coefficient (Wildman–Crippen LogP) is 3.53. The molecule has 0 aliphatic carbocycles. The monoisotopic (exact) mass is 336 g/mol. The van der Waals surface area contributed by atoms with Gasteiger partial charge in [-0.25, -0.2) is 0 Å². The van der Waals surface area contributed by atoms with Crippen LogP contribution in [-0.2, 0) is 7.05 Å². The van der Waals surface area contributed by atoms with Crippen molar-refractivity contribution in [2.75, 3.05) is 19.6 Å². The zero-order valence-electron chi connectivity index (χ0n) is 16.3. The van der Waals surface area contributed by atoms with Gasteiger partial charge < -0.3 is 10.2 Å². The van der Waals surface area contributed by atoms with E-state index in [0.29, 0.717) is 5.69 Å². The van der Waals surface area contributed by atoms with Gasteiger partial charge in [0.1, 0.15) is 5.69 Å². The van der Waals surface area contributed by atoms with Crippen molar-refractivity contribution in [1.82, 2.24) is 20.0 Å². The van der Waals surface area contributed by atoms with Crippen LogP contribution in [0.15, 0.2) is 6.07 Å². The van der Waals surface area contributed by atoms with Crippen LogP contribution in [0, 0.1) is 6.92 Å².